The van der Waals surface area contributed by atoms with Gasteiger partial charge in [0.15, 0.2) is 0 Å². The molecule has 4 aromatic carbocycles. The van der Waals surface area contributed by atoms with Gasteiger partial charge in [-0.15, -0.1) is 0 Å². The third kappa shape index (κ3) is 11.4. The molecule has 12 nitrogen and oxygen atoms in total. The minimum Gasteiger partial charge on any atom is -0.444 e. The Labute approximate surface area is 380 Å². The molecule has 0 bridgehead atoms. The number of carbonyl (C=O) groups excluding carboxylic acids is 4. The SMILES string of the molecule is C[C@H](c1cccc2ccc(-c3ccc([C@@H](C)N(C(=O)OC(C)(C)C)[C@@H]4CCN(C(=O)OC(C)(C)C)C4)c4ccccc34)cc12)N(C(=O)OC(C)(C)C)[C@H]1CCN(C(=O)OC(C)(C)C)C1. The number of rotatable bonds is 7. The third-order valence-corrected chi connectivity index (χ3v) is 11.5. The largest absolute Gasteiger partial charge is 0.444 e. The maximum atomic E-state index is 14.2. The fourth-order valence-corrected chi connectivity index (χ4v) is 8.87. The van der Waals surface area contributed by atoms with E-state index >= 15 is 0 Å². The van der Waals surface area contributed by atoms with Gasteiger partial charge in [-0.05, 0) is 160 Å². The van der Waals surface area contributed by atoms with Gasteiger partial charge >= 0.3 is 24.4 Å². The van der Waals surface area contributed by atoms with Crippen LogP contribution < -0.4 is 0 Å². The van der Waals surface area contributed by atoms with Crippen molar-refractivity contribution in [2.24, 2.45) is 0 Å². The number of hydrogen-bond acceptors (Lipinski definition) is 8. The van der Waals surface area contributed by atoms with Crippen molar-refractivity contribution in [1.29, 1.82) is 0 Å². The monoisotopic (exact) mass is 879 g/mol. The van der Waals surface area contributed by atoms with Crippen LogP contribution in [0.2, 0.25) is 0 Å². The fourth-order valence-electron chi connectivity index (χ4n) is 8.87. The number of hydrogen-bond donors (Lipinski definition) is 0. The van der Waals surface area contributed by atoms with E-state index in [1.54, 1.807) is 19.6 Å². The number of amides is 4. The molecule has 6 rings (SSSR count). The standard InChI is InChI=1S/C52H70N4O8/c1-33(55(47(59)63-51(9,10)11)37-26-28-53(31-37)45(57)61-49(3,4)5)39-21-17-18-35-22-23-36(30-44(35)39)41-25-24-40(42-19-15-16-20-43(41)42)34(2)56(48(60)64-52(12,13)14)38-27-29-54(32-38)46(58)62-50(6,7)8/h15-25,30,33-34,37-38H,26-29,31-32H2,1-14H3/t33-,34-,37+,38-/m1/s1. The Balaban J connectivity index is 1.37. The minimum atomic E-state index is -0.726. The molecule has 4 atom stereocenters. The Morgan fingerprint density at radius 2 is 0.984 bits per heavy atom. The van der Waals surface area contributed by atoms with Crippen LogP contribution >= 0.6 is 0 Å². The minimum absolute atomic E-state index is 0.290. The molecule has 2 heterocycles. The highest BCUT2D eigenvalue weighted by molar-refractivity contribution is 6.01. The zero-order chi connectivity index (χ0) is 47.1. The number of carbonyl (C=O) groups is 4. The Hall–Kier alpha value is -5.52. The van der Waals surface area contributed by atoms with Crippen molar-refractivity contribution in [1.82, 2.24) is 19.6 Å². The van der Waals surface area contributed by atoms with Gasteiger partial charge in [0.05, 0.1) is 24.2 Å². The van der Waals surface area contributed by atoms with Crippen LogP contribution in [0, 0.1) is 0 Å². The van der Waals surface area contributed by atoms with Gasteiger partial charge in [0.1, 0.15) is 22.4 Å². The number of fused-ring (bicyclic) bond motifs is 2. The third-order valence-electron chi connectivity index (χ3n) is 11.5. The lowest BCUT2D eigenvalue weighted by Crippen LogP contribution is -2.46. The van der Waals surface area contributed by atoms with E-state index in [1.807, 2.05) is 115 Å². The lowest BCUT2D eigenvalue weighted by Gasteiger charge is -2.37. The van der Waals surface area contributed by atoms with Crippen LogP contribution in [0.25, 0.3) is 32.7 Å². The number of nitrogens with zero attached hydrogens (tertiary/aromatic N) is 4. The Morgan fingerprint density at radius 1 is 0.531 bits per heavy atom. The van der Waals surface area contributed by atoms with Crippen molar-refractivity contribution >= 4 is 45.9 Å². The van der Waals surface area contributed by atoms with Crippen LogP contribution in [0.4, 0.5) is 19.2 Å². The zero-order valence-electron chi connectivity index (χ0n) is 40.5. The molecule has 2 saturated heterocycles. The van der Waals surface area contributed by atoms with E-state index in [2.05, 4.69) is 54.6 Å². The van der Waals surface area contributed by atoms with Crippen molar-refractivity contribution < 1.29 is 38.1 Å². The smallest absolute Gasteiger partial charge is 0.411 e. The normalized spacial score (nSPS) is 18.2. The maximum absolute atomic E-state index is 14.2. The van der Waals surface area contributed by atoms with Gasteiger partial charge in [-0.1, -0.05) is 66.7 Å². The van der Waals surface area contributed by atoms with Gasteiger partial charge in [0.25, 0.3) is 0 Å². The summed E-state index contributed by atoms with van der Waals surface area (Å²) in [5.41, 5.74) is 1.21. The summed E-state index contributed by atoms with van der Waals surface area (Å²) >= 11 is 0. The molecule has 0 radical (unpaired) electrons. The first-order chi connectivity index (χ1) is 29.7. The Kier molecular flexibility index (Phi) is 13.6. The lowest BCUT2D eigenvalue weighted by molar-refractivity contribution is 0.00435. The zero-order valence-corrected chi connectivity index (χ0v) is 40.5. The molecule has 4 amide bonds. The fraction of sp³-hybridized carbons (Fsp3) is 0.538. The van der Waals surface area contributed by atoms with Crippen molar-refractivity contribution in [3.8, 4) is 11.1 Å². The number of benzene rings is 4. The highest BCUT2D eigenvalue weighted by atomic mass is 16.6. The van der Waals surface area contributed by atoms with Crippen molar-refractivity contribution in [3.05, 3.63) is 83.9 Å². The average Bonchev–Trinajstić information content (AvgIpc) is 3.86. The van der Waals surface area contributed by atoms with Gasteiger partial charge in [0.2, 0.25) is 0 Å². The van der Waals surface area contributed by atoms with E-state index in [4.69, 9.17) is 18.9 Å². The molecule has 0 aliphatic carbocycles. The molecule has 0 unspecified atom stereocenters. The van der Waals surface area contributed by atoms with Crippen molar-refractivity contribution in [2.45, 2.75) is 156 Å². The molecule has 2 aliphatic heterocycles. The van der Waals surface area contributed by atoms with Crippen molar-refractivity contribution in [2.75, 3.05) is 26.2 Å². The van der Waals surface area contributed by atoms with E-state index < -0.39 is 58.9 Å². The summed E-state index contributed by atoms with van der Waals surface area (Å²) < 4.78 is 23.5. The highest BCUT2D eigenvalue weighted by Crippen LogP contribution is 2.40. The molecular weight excluding hydrogens is 809 g/mol. The molecule has 64 heavy (non-hydrogen) atoms. The lowest BCUT2D eigenvalue weighted by atomic mass is 9.90. The van der Waals surface area contributed by atoms with Crippen LogP contribution in [0.1, 0.15) is 133 Å². The molecule has 0 spiro atoms. The Morgan fingerprint density at radius 3 is 1.45 bits per heavy atom. The van der Waals surface area contributed by atoms with Gasteiger partial charge in [-0.3, -0.25) is 9.80 Å². The molecule has 4 aromatic rings. The molecule has 346 valence electrons. The molecule has 0 N–H and O–H groups in total. The summed E-state index contributed by atoms with van der Waals surface area (Å²) in [6.07, 6.45) is -0.480. The van der Waals surface area contributed by atoms with Gasteiger partial charge in [-0.2, -0.15) is 0 Å². The predicted molar refractivity (Wildman–Crippen MR) is 252 cm³/mol. The summed E-state index contributed by atoms with van der Waals surface area (Å²) in [5, 5.41) is 4.04. The summed E-state index contributed by atoms with van der Waals surface area (Å²) in [4.78, 5) is 61.6. The second kappa shape index (κ2) is 18.2. The quantitative estimate of drug-likeness (QED) is 0.168. The molecule has 0 aromatic heterocycles. The summed E-state index contributed by atoms with van der Waals surface area (Å²) in [6, 6.07) is 23.7. The second-order valence-corrected chi connectivity index (χ2v) is 21.4. The van der Waals surface area contributed by atoms with Crippen LogP contribution in [-0.2, 0) is 18.9 Å². The highest BCUT2D eigenvalue weighted by Gasteiger charge is 2.41. The van der Waals surface area contributed by atoms with E-state index in [9.17, 15) is 19.2 Å². The number of likely N-dealkylation sites (tertiary alicyclic amines) is 2. The molecule has 2 aliphatic rings. The van der Waals surface area contributed by atoms with E-state index in [1.165, 1.54) is 0 Å². The first-order valence-electron chi connectivity index (χ1n) is 22.7. The number of ether oxygens (including phenoxy) is 4. The second-order valence-electron chi connectivity index (χ2n) is 21.4. The first kappa shape index (κ1) is 47.9. The van der Waals surface area contributed by atoms with E-state index in [0.717, 1.165) is 43.8 Å². The van der Waals surface area contributed by atoms with Gasteiger partial charge in [-0.25, -0.2) is 19.2 Å². The summed E-state index contributed by atoms with van der Waals surface area (Å²) in [6.45, 7) is 27.9. The van der Waals surface area contributed by atoms with E-state index in [-0.39, 0.29) is 12.1 Å². The van der Waals surface area contributed by atoms with Crippen LogP contribution in [-0.4, -0.2) is 105 Å². The molecular formula is C52H70N4O8. The topological polar surface area (TPSA) is 118 Å². The molecule has 0 saturated carbocycles. The van der Waals surface area contributed by atoms with Gasteiger partial charge in [0, 0.05) is 26.2 Å². The van der Waals surface area contributed by atoms with Gasteiger partial charge < -0.3 is 28.7 Å². The molecule has 12 heteroatoms. The van der Waals surface area contributed by atoms with Crippen molar-refractivity contribution in [3.63, 3.8) is 0 Å². The van der Waals surface area contributed by atoms with Crippen LogP contribution in [0.3, 0.4) is 0 Å². The summed E-state index contributed by atoms with van der Waals surface area (Å²) in [7, 11) is 0. The summed E-state index contributed by atoms with van der Waals surface area (Å²) in [5.74, 6) is 0. The Bertz CT molecular complexity index is 2370. The molecule has 2 fully saturated rings. The predicted octanol–water partition coefficient (Wildman–Crippen LogP) is 12.3. The van der Waals surface area contributed by atoms with Crippen LogP contribution in [0.5, 0.6) is 0 Å². The maximum Gasteiger partial charge on any atom is 0.411 e. The van der Waals surface area contributed by atoms with E-state index in [0.29, 0.717) is 39.0 Å². The average molecular weight is 879 g/mol. The first-order valence-corrected chi connectivity index (χ1v) is 22.7. The van der Waals surface area contributed by atoms with Crippen LogP contribution in [0.15, 0.2) is 72.8 Å².